The van der Waals surface area contributed by atoms with Crippen LogP contribution in [0.4, 0.5) is 5.69 Å². The monoisotopic (exact) mass is 411 g/mol. The number of hydrogen-bond acceptors (Lipinski definition) is 3. The molecule has 4 nitrogen and oxygen atoms in total. The van der Waals surface area contributed by atoms with E-state index in [9.17, 15) is 4.79 Å². The van der Waals surface area contributed by atoms with E-state index < -0.39 is 0 Å². The second-order valence-electron chi connectivity index (χ2n) is 5.56. The van der Waals surface area contributed by atoms with Gasteiger partial charge >= 0.3 is 0 Å². The van der Waals surface area contributed by atoms with Gasteiger partial charge in [0.1, 0.15) is 18.1 Å². The van der Waals surface area contributed by atoms with Crippen LogP contribution in [-0.2, 0) is 4.79 Å². The second kappa shape index (κ2) is 8.54. The van der Waals surface area contributed by atoms with E-state index in [1.807, 2.05) is 48.5 Å². The summed E-state index contributed by atoms with van der Waals surface area (Å²) in [6, 6.07) is 19.0. The molecule has 0 aromatic heterocycles. The Bertz CT molecular complexity index is 939. The fourth-order valence-corrected chi connectivity index (χ4v) is 3.09. The highest BCUT2D eigenvalue weighted by Gasteiger charge is 2.09. The van der Waals surface area contributed by atoms with Crippen molar-refractivity contribution in [2.24, 2.45) is 0 Å². The zero-order valence-electron chi connectivity index (χ0n) is 14.1. The number of rotatable bonds is 7. The number of halogens is 1. The highest BCUT2D eigenvalue weighted by Crippen LogP contribution is 2.33. The maximum atomic E-state index is 12.2. The molecular weight excluding hydrogens is 394 g/mol. The minimum Gasteiger partial charge on any atom is -0.489 e. The third kappa shape index (κ3) is 4.43. The lowest BCUT2D eigenvalue weighted by atomic mass is 10.1. The number of fused-ring (bicyclic) bond motifs is 1. The highest BCUT2D eigenvalue weighted by atomic mass is 79.9. The minimum atomic E-state index is -0.245. The van der Waals surface area contributed by atoms with Gasteiger partial charge in [0.2, 0.25) is 0 Å². The molecule has 0 saturated heterocycles. The topological polar surface area (TPSA) is 47.6 Å². The van der Waals surface area contributed by atoms with Crippen LogP contribution in [0.15, 0.2) is 77.8 Å². The van der Waals surface area contributed by atoms with Gasteiger partial charge in [-0.2, -0.15) is 0 Å². The standard InChI is InChI=1S/C21H18BrNO3/c1-2-12-25-17-8-5-7-16(13-17)23-20(24)14-26-19-11-10-15-6-3-4-9-18(15)21(19)22/h2-11,13H,1,12,14H2,(H,23,24). The van der Waals surface area contributed by atoms with Crippen molar-refractivity contribution in [1.29, 1.82) is 0 Å². The Morgan fingerprint density at radius 1 is 1.08 bits per heavy atom. The summed E-state index contributed by atoms with van der Waals surface area (Å²) in [4.78, 5) is 12.2. The molecule has 0 saturated carbocycles. The van der Waals surface area contributed by atoms with E-state index in [1.165, 1.54) is 0 Å². The van der Waals surface area contributed by atoms with E-state index in [4.69, 9.17) is 9.47 Å². The van der Waals surface area contributed by atoms with Crippen LogP contribution in [0.3, 0.4) is 0 Å². The summed E-state index contributed by atoms with van der Waals surface area (Å²) in [6.07, 6.45) is 1.67. The first-order chi connectivity index (χ1) is 12.7. The molecule has 0 aliphatic heterocycles. The first-order valence-corrected chi connectivity index (χ1v) is 8.90. The molecule has 0 heterocycles. The van der Waals surface area contributed by atoms with Crippen LogP contribution < -0.4 is 14.8 Å². The second-order valence-corrected chi connectivity index (χ2v) is 6.36. The Kier molecular flexibility index (Phi) is 5.92. The average molecular weight is 412 g/mol. The van der Waals surface area contributed by atoms with Crippen molar-refractivity contribution in [3.05, 3.63) is 77.8 Å². The molecule has 0 aliphatic carbocycles. The highest BCUT2D eigenvalue weighted by molar-refractivity contribution is 9.10. The quantitative estimate of drug-likeness (QED) is 0.544. The summed E-state index contributed by atoms with van der Waals surface area (Å²) in [5.41, 5.74) is 0.651. The molecule has 0 radical (unpaired) electrons. The molecule has 0 bridgehead atoms. The molecule has 1 N–H and O–H groups in total. The molecule has 26 heavy (non-hydrogen) atoms. The molecule has 132 valence electrons. The number of nitrogens with one attached hydrogen (secondary N) is 1. The van der Waals surface area contributed by atoms with Gasteiger partial charge in [-0.25, -0.2) is 0 Å². The van der Waals surface area contributed by atoms with Gasteiger partial charge in [0.25, 0.3) is 5.91 Å². The van der Waals surface area contributed by atoms with Crippen LogP contribution in [-0.4, -0.2) is 19.1 Å². The molecule has 0 spiro atoms. The SMILES string of the molecule is C=CCOc1cccc(NC(=O)COc2ccc3ccccc3c2Br)c1. The Morgan fingerprint density at radius 2 is 1.92 bits per heavy atom. The Labute approximate surface area is 160 Å². The van der Waals surface area contributed by atoms with Crippen molar-refractivity contribution < 1.29 is 14.3 Å². The first kappa shape index (κ1) is 18.0. The smallest absolute Gasteiger partial charge is 0.262 e. The number of carbonyl (C=O) groups is 1. The lowest BCUT2D eigenvalue weighted by Crippen LogP contribution is -2.20. The van der Waals surface area contributed by atoms with Crippen molar-refractivity contribution in [1.82, 2.24) is 0 Å². The predicted octanol–water partition coefficient (Wildman–Crippen LogP) is 5.18. The van der Waals surface area contributed by atoms with Crippen LogP contribution in [0.25, 0.3) is 10.8 Å². The molecule has 0 atom stereocenters. The number of ether oxygens (including phenoxy) is 2. The van der Waals surface area contributed by atoms with Gasteiger partial charge in [0.15, 0.2) is 6.61 Å². The zero-order valence-corrected chi connectivity index (χ0v) is 15.7. The molecule has 0 fully saturated rings. The summed E-state index contributed by atoms with van der Waals surface area (Å²) in [7, 11) is 0. The molecule has 0 aliphatic rings. The van der Waals surface area contributed by atoms with Gasteiger partial charge < -0.3 is 14.8 Å². The summed E-state index contributed by atoms with van der Waals surface area (Å²) in [5, 5.41) is 4.94. The van der Waals surface area contributed by atoms with E-state index in [0.29, 0.717) is 23.8 Å². The van der Waals surface area contributed by atoms with E-state index in [1.54, 1.807) is 18.2 Å². The summed E-state index contributed by atoms with van der Waals surface area (Å²) >= 11 is 3.55. The fraction of sp³-hybridized carbons (Fsp3) is 0.0952. The Morgan fingerprint density at radius 3 is 2.77 bits per heavy atom. The molecule has 3 rings (SSSR count). The number of amides is 1. The Hall–Kier alpha value is -2.79. The molecule has 5 heteroatoms. The largest absolute Gasteiger partial charge is 0.489 e. The van der Waals surface area contributed by atoms with Crippen molar-refractivity contribution >= 4 is 38.3 Å². The van der Waals surface area contributed by atoms with Gasteiger partial charge in [0, 0.05) is 11.8 Å². The number of anilines is 1. The minimum absolute atomic E-state index is 0.0886. The average Bonchev–Trinajstić information content (AvgIpc) is 2.66. The molecule has 0 unspecified atom stereocenters. The third-order valence-corrected chi connectivity index (χ3v) is 4.49. The Balaban J connectivity index is 1.62. The van der Waals surface area contributed by atoms with Gasteiger partial charge in [-0.15, -0.1) is 0 Å². The summed E-state index contributed by atoms with van der Waals surface area (Å²) in [5.74, 6) is 1.05. The van der Waals surface area contributed by atoms with E-state index >= 15 is 0 Å². The van der Waals surface area contributed by atoms with Gasteiger partial charge in [-0.05, 0) is 44.9 Å². The number of hydrogen-bond donors (Lipinski definition) is 1. The molecule has 1 amide bonds. The lowest BCUT2D eigenvalue weighted by molar-refractivity contribution is -0.118. The van der Waals surface area contributed by atoms with Crippen LogP contribution in [0, 0.1) is 0 Å². The summed E-state index contributed by atoms with van der Waals surface area (Å²) in [6.45, 7) is 3.94. The van der Waals surface area contributed by atoms with Crippen molar-refractivity contribution in [3.8, 4) is 11.5 Å². The van der Waals surface area contributed by atoms with Gasteiger partial charge in [-0.1, -0.05) is 49.1 Å². The van der Waals surface area contributed by atoms with E-state index in [2.05, 4.69) is 27.8 Å². The number of benzene rings is 3. The third-order valence-electron chi connectivity index (χ3n) is 3.67. The number of carbonyl (C=O) groups excluding carboxylic acids is 1. The van der Waals surface area contributed by atoms with Gasteiger partial charge in [-0.3, -0.25) is 4.79 Å². The summed E-state index contributed by atoms with van der Waals surface area (Å²) < 4.78 is 12.0. The fourth-order valence-electron chi connectivity index (χ4n) is 2.48. The van der Waals surface area contributed by atoms with E-state index in [-0.39, 0.29) is 12.5 Å². The van der Waals surface area contributed by atoms with Gasteiger partial charge in [0.05, 0.1) is 4.47 Å². The zero-order chi connectivity index (χ0) is 18.4. The normalized spacial score (nSPS) is 10.3. The predicted molar refractivity (Wildman–Crippen MR) is 108 cm³/mol. The van der Waals surface area contributed by atoms with Crippen LogP contribution in [0.2, 0.25) is 0 Å². The van der Waals surface area contributed by atoms with Crippen molar-refractivity contribution in [2.45, 2.75) is 0 Å². The first-order valence-electron chi connectivity index (χ1n) is 8.11. The maximum Gasteiger partial charge on any atom is 0.262 e. The molecule has 3 aromatic carbocycles. The molecular formula is C21H18BrNO3. The van der Waals surface area contributed by atoms with Crippen LogP contribution in [0.5, 0.6) is 11.5 Å². The molecule has 3 aromatic rings. The maximum absolute atomic E-state index is 12.2. The van der Waals surface area contributed by atoms with E-state index in [0.717, 1.165) is 15.2 Å². The van der Waals surface area contributed by atoms with Crippen molar-refractivity contribution in [2.75, 3.05) is 18.5 Å². The van der Waals surface area contributed by atoms with Crippen LogP contribution in [0.1, 0.15) is 0 Å². The van der Waals surface area contributed by atoms with Crippen LogP contribution >= 0.6 is 15.9 Å². The lowest BCUT2D eigenvalue weighted by Gasteiger charge is -2.11. The van der Waals surface area contributed by atoms with Crippen molar-refractivity contribution in [3.63, 3.8) is 0 Å².